The maximum Gasteiger partial charge on any atom is 0.207 e. The predicted molar refractivity (Wildman–Crippen MR) is 93.7 cm³/mol. The van der Waals surface area contributed by atoms with Crippen molar-refractivity contribution in [2.45, 2.75) is 28.4 Å². The van der Waals surface area contributed by atoms with Crippen molar-refractivity contribution in [3.8, 4) is 0 Å². The summed E-state index contributed by atoms with van der Waals surface area (Å²) in [5, 5.41) is -0.370. The summed E-state index contributed by atoms with van der Waals surface area (Å²) in [4.78, 5) is 10.3. The van der Waals surface area contributed by atoms with Gasteiger partial charge in [0.1, 0.15) is 5.82 Å². The van der Waals surface area contributed by atoms with E-state index in [4.69, 9.17) is 0 Å². The molecule has 1 N–H and O–H groups in total. The van der Waals surface area contributed by atoms with Crippen LogP contribution >= 0.6 is 12.6 Å². The third kappa shape index (κ3) is 2.86. The molecule has 0 spiro atoms. The average Bonchev–Trinajstić information content (AvgIpc) is 3.20. The molecule has 120 valence electrons. The average molecular weight is 347 g/mol. The first-order valence-corrected chi connectivity index (χ1v) is 9.16. The van der Waals surface area contributed by atoms with E-state index >= 15 is 0 Å². The normalized spacial score (nSPS) is 21.7. The number of thiol groups is 1. The topological polar surface area (TPSA) is 75.2 Å². The lowest BCUT2D eigenvalue weighted by Gasteiger charge is -2.26. The van der Waals surface area contributed by atoms with Gasteiger partial charge in [-0.2, -0.15) is 12.6 Å². The molecule has 0 amide bonds. The second kappa shape index (κ2) is 5.98. The molecule has 0 aliphatic carbocycles. The van der Waals surface area contributed by atoms with E-state index in [0.29, 0.717) is 5.82 Å². The Kier molecular flexibility index (Phi) is 4.16. The molecule has 2 heterocycles. The number of aromatic amines is 1. The summed E-state index contributed by atoms with van der Waals surface area (Å²) in [5.74, 6) is 0.627. The van der Waals surface area contributed by atoms with Gasteiger partial charge in [0, 0.05) is 25.0 Å². The van der Waals surface area contributed by atoms with Gasteiger partial charge in [0.25, 0.3) is 0 Å². The van der Waals surface area contributed by atoms with Crippen molar-refractivity contribution in [2.75, 3.05) is 0 Å². The van der Waals surface area contributed by atoms with Crippen molar-refractivity contribution in [1.29, 1.82) is 0 Å². The van der Waals surface area contributed by atoms with E-state index in [2.05, 4.69) is 27.6 Å². The van der Waals surface area contributed by atoms with Crippen LogP contribution in [-0.2, 0) is 9.84 Å². The number of hydrogen-bond acceptors (Lipinski definition) is 5. The molecule has 2 aromatic rings. The molecular formula is C16H17N3O2S2. The number of imidazole rings is 1. The standard InChI is InChI=1S/C16H17N3O2S2/c1-12-3-5-13(6-4-12)23(20,21)16(7-2-8-19-16)11-14(22)15-17-9-10-18-15/h2-10,14,22H,11H2,1H3,(H,17,18). The summed E-state index contributed by atoms with van der Waals surface area (Å²) in [6.07, 6.45) is 8.31. The maximum absolute atomic E-state index is 13.1. The summed E-state index contributed by atoms with van der Waals surface area (Å²) in [6.45, 7) is 1.92. The van der Waals surface area contributed by atoms with Crippen LogP contribution < -0.4 is 0 Å². The highest BCUT2D eigenvalue weighted by molar-refractivity contribution is 7.93. The lowest BCUT2D eigenvalue weighted by Crippen LogP contribution is -2.35. The minimum atomic E-state index is -3.68. The molecule has 0 fully saturated rings. The summed E-state index contributed by atoms with van der Waals surface area (Å²) < 4.78 is 26.3. The lowest BCUT2D eigenvalue weighted by molar-refractivity contribution is 0.539. The number of aryl methyl sites for hydroxylation is 1. The van der Waals surface area contributed by atoms with Crippen molar-refractivity contribution >= 4 is 28.7 Å². The molecule has 1 aliphatic rings. The SMILES string of the molecule is Cc1ccc(S(=O)(=O)C2(CC(S)c3ncc[nH]3)C=CC=N2)cc1. The highest BCUT2D eigenvalue weighted by Gasteiger charge is 2.45. The van der Waals surface area contributed by atoms with Gasteiger partial charge in [-0.15, -0.1) is 0 Å². The molecule has 1 aromatic carbocycles. The van der Waals surface area contributed by atoms with E-state index in [0.717, 1.165) is 5.56 Å². The number of H-pyrrole nitrogens is 1. The minimum Gasteiger partial charge on any atom is -0.348 e. The second-order valence-corrected chi connectivity index (χ2v) is 8.30. The Hall–Kier alpha value is -1.86. The summed E-state index contributed by atoms with van der Waals surface area (Å²) in [6, 6.07) is 6.81. The Balaban J connectivity index is 1.99. The van der Waals surface area contributed by atoms with E-state index in [1.54, 1.807) is 48.8 Å². The van der Waals surface area contributed by atoms with Gasteiger partial charge in [0.15, 0.2) is 4.87 Å². The van der Waals surface area contributed by atoms with Crippen molar-refractivity contribution in [1.82, 2.24) is 9.97 Å². The summed E-state index contributed by atoms with van der Waals surface area (Å²) in [5.41, 5.74) is 1.01. The van der Waals surface area contributed by atoms with E-state index in [1.165, 1.54) is 6.21 Å². The molecule has 23 heavy (non-hydrogen) atoms. The first kappa shape index (κ1) is 16.0. The Morgan fingerprint density at radius 3 is 2.61 bits per heavy atom. The summed E-state index contributed by atoms with van der Waals surface area (Å²) in [7, 11) is -3.68. The zero-order chi connectivity index (χ0) is 16.5. The van der Waals surface area contributed by atoms with Crippen LogP contribution in [0.3, 0.4) is 0 Å². The first-order chi connectivity index (χ1) is 10.9. The number of nitrogens with zero attached hydrogens (tertiary/aromatic N) is 2. The van der Waals surface area contributed by atoms with Crippen LogP contribution in [0.1, 0.15) is 23.1 Å². The smallest absolute Gasteiger partial charge is 0.207 e. The summed E-state index contributed by atoms with van der Waals surface area (Å²) >= 11 is 4.51. The fraction of sp³-hybridized carbons (Fsp3) is 0.250. The molecule has 0 bridgehead atoms. The minimum absolute atomic E-state index is 0.201. The monoisotopic (exact) mass is 347 g/mol. The Bertz CT molecular complexity index is 826. The zero-order valence-corrected chi connectivity index (χ0v) is 14.3. The Morgan fingerprint density at radius 2 is 2.04 bits per heavy atom. The molecule has 2 unspecified atom stereocenters. The number of aliphatic imine (C=N–C) groups is 1. The molecule has 0 saturated heterocycles. The van der Waals surface area contributed by atoms with Crippen LogP contribution in [0.25, 0.3) is 0 Å². The fourth-order valence-electron chi connectivity index (χ4n) is 2.55. The molecule has 0 radical (unpaired) electrons. The third-order valence-corrected chi connectivity index (χ3v) is 6.51. The van der Waals surface area contributed by atoms with Crippen molar-refractivity contribution in [3.05, 3.63) is 60.2 Å². The van der Waals surface area contributed by atoms with Gasteiger partial charge in [0.2, 0.25) is 9.84 Å². The van der Waals surface area contributed by atoms with Crippen LogP contribution in [0, 0.1) is 6.92 Å². The predicted octanol–water partition coefficient (Wildman–Crippen LogP) is 2.89. The quantitative estimate of drug-likeness (QED) is 0.817. The Labute approximate surface area is 140 Å². The van der Waals surface area contributed by atoms with Crippen molar-refractivity contribution < 1.29 is 8.42 Å². The van der Waals surface area contributed by atoms with Gasteiger partial charge in [0.05, 0.1) is 10.1 Å². The van der Waals surface area contributed by atoms with Gasteiger partial charge >= 0.3 is 0 Å². The number of allylic oxidation sites excluding steroid dienone is 1. The molecule has 1 aromatic heterocycles. The van der Waals surface area contributed by atoms with Gasteiger partial charge in [-0.1, -0.05) is 17.7 Å². The van der Waals surface area contributed by atoms with Crippen LogP contribution in [0.2, 0.25) is 0 Å². The van der Waals surface area contributed by atoms with E-state index < -0.39 is 14.7 Å². The van der Waals surface area contributed by atoms with Gasteiger partial charge in [-0.05, 0) is 31.2 Å². The number of benzene rings is 1. The highest BCUT2D eigenvalue weighted by Crippen LogP contribution is 2.39. The Morgan fingerprint density at radius 1 is 1.30 bits per heavy atom. The van der Waals surface area contributed by atoms with Crippen LogP contribution in [-0.4, -0.2) is 29.5 Å². The number of nitrogens with one attached hydrogen (secondary N) is 1. The number of rotatable bonds is 5. The third-order valence-electron chi connectivity index (χ3n) is 3.85. The molecule has 0 saturated carbocycles. The lowest BCUT2D eigenvalue weighted by atomic mass is 10.1. The largest absolute Gasteiger partial charge is 0.348 e. The van der Waals surface area contributed by atoms with E-state index in [-0.39, 0.29) is 16.6 Å². The fourth-order valence-corrected chi connectivity index (χ4v) is 4.84. The first-order valence-electron chi connectivity index (χ1n) is 7.16. The molecule has 3 rings (SSSR count). The zero-order valence-electron chi connectivity index (χ0n) is 12.5. The molecular weight excluding hydrogens is 330 g/mol. The molecule has 7 heteroatoms. The number of aromatic nitrogens is 2. The van der Waals surface area contributed by atoms with Gasteiger partial charge < -0.3 is 4.98 Å². The maximum atomic E-state index is 13.1. The van der Waals surface area contributed by atoms with Crippen LogP contribution in [0.15, 0.2) is 58.7 Å². The van der Waals surface area contributed by atoms with E-state index in [9.17, 15) is 8.42 Å². The molecule has 2 atom stereocenters. The van der Waals surface area contributed by atoms with Crippen molar-refractivity contribution in [2.24, 2.45) is 4.99 Å². The van der Waals surface area contributed by atoms with Crippen molar-refractivity contribution in [3.63, 3.8) is 0 Å². The molecule has 5 nitrogen and oxygen atoms in total. The van der Waals surface area contributed by atoms with Gasteiger partial charge in [-0.25, -0.2) is 13.4 Å². The second-order valence-electron chi connectivity index (χ2n) is 5.49. The molecule has 1 aliphatic heterocycles. The van der Waals surface area contributed by atoms with Crippen LogP contribution in [0.5, 0.6) is 0 Å². The number of sulfone groups is 1. The highest BCUT2D eigenvalue weighted by atomic mass is 32.2. The van der Waals surface area contributed by atoms with E-state index in [1.807, 2.05) is 6.92 Å². The van der Waals surface area contributed by atoms with Gasteiger partial charge in [-0.3, -0.25) is 4.99 Å². The van der Waals surface area contributed by atoms with Crippen LogP contribution in [0.4, 0.5) is 0 Å². The number of hydrogen-bond donors (Lipinski definition) is 2.